The highest BCUT2D eigenvalue weighted by Crippen LogP contribution is 2.22. The number of amides is 1. The molecule has 1 atom stereocenters. The molecule has 1 amide bonds. The van der Waals surface area contributed by atoms with Gasteiger partial charge in [-0.2, -0.15) is 0 Å². The van der Waals surface area contributed by atoms with Crippen molar-refractivity contribution < 1.29 is 14.3 Å². The van der Waals surface area contributed by atoms with Crippen molar-refractivity contribution in [1.29, 1.82) is 0 Å². The van der Waals surface area contributed by atoms with E-state index >= 15 is 0 Å². The summed E-state index contributed by atoms with van der Waals surface area (Å²) in [6.07, 6.45) is 7.26. The third kappa shape index (κ3) is 5.70. The maximum Gasteiger partial charge on any atom is 0.313 e. The number of carbonyl (C=O) groups excluding carboxylic acids is 2. The highest BCUT2D eigenvalue weighted by molar-refractivity contribution is 5.83. The quantitative estimate of drug-likeness (QED) is 0.782. The molecule has 1 fully saturated rings. The first kappa shape index (κ1) is 17.5. The van der Waals surface area contributed by atoms with Gasteiger partial charge in [0.05, 0.1) is 5.92 Å². The van der Waals surface area contributed by atoms with Crippen LogP contribution in [0.1, 0.15) is 63.4 Å². The normalized spacial score (nSPS) is 16.6. The summed E-state index contributed by atoms with van der Waals surface area (Å²) < 4.78 is 5.26. The fraction of sp³-hybridized carbons (Fsp3) is 0.579. The maximum absolute atomic E-state index is 12.3. The Morgan fingerprint density at radius 3 is 2.52 bits per heavy atom. The van der Waals surface area contributed by atoms with E-state index in [-0.39, 0.29) is 30.4 Å². The first-order chi connectivity index (χ1) is 11.2. The van der Waals surface area contributed by atoms with E-state index in [0.717, 1.165) is 44.1 Å². The van der Waals surface area contributed by atoms with Gasteiger partial charge in [0.25, 0.3) is 5.91 Å². The summed E-state index contributed by atoms with van der Waals surface area (Å²) in [5.74, 6) is -0.783. The molecule has 0 spiro atoms. The molecule has 4 heteroatoms. The van der Waals surface area contributed by atoms with Gasteiger partial charge in [0.15, 0.2) is 6.61 Å². The monoisotopic (exact) mass is 317 g/mol. The highest BCUT2D eigenvalue weighted by Gasteiger charge is 2.22. The van der Waals surface area contributed by atoms with Gasteiger partial charge in [0.1, 0.15) is 0 Å². The van der Waals surface area contributed by atoms with Crippen LogP contribution in [0.25, 0.3) is 0 Å². The molecule has 1 aromatic rings. The van der Waals surface area contributed by atoms with Crippen LogP contribution in [0, 0.1) is 0 Å². The van der Waals surface area contributed by atoms with Crippen LogP contribution in [0.15, 0.2) is 30.3 Å². The lowest BCUT2D eigenvalue weighted by molar-refractivity contribution is -0.150. The highest BCUT2D eigenvalue weighted by atomic mass is 16.5. The Hall–Kier alpha value is -1.84. The van der Waals surface area contributed by atoms with Crippen LogP contribution in [0.3, 0.4) is 0 Å². The van der Waals surface area contributed by atoms with Gasteiger partial charge >= 0.3 is 5.97 Å². The Morgan fingerprint density at radius 1 is 1.17 bits per heavy atom. The number of nitrogens with one attached hydrogen (secondary N) is 1. The van der Waals surface area contributed by atoms with E-state index in [1.807, 2.05) is 37.3 Å². The zero-order chi connectivity index (χ0) is 16.5. The second-order valence-electron chi connectivity index (χ2n) is 6.26. The minimum Gasteiger partial charge on any atom is -0.455 e. The summed E-state index contributed by atoms with van der Waals surface area (Å²) in [4.78, 5) is 24.3. The van der Waals surface area contributed by atoms with Crippen LogP contribution in [-0.4, -0.2) is 24.5 Å². The van der Waals surface area contributed by atoms with E-state index < -0.39 is 0 Å². The number of ether oxygens (including phenoxy) is 1. The van der Waals surface area contributed by atoms with Crippen LogP contribution in [0.2, 0.25) is 0 Å². The first-order valence-electron chi connectivity index (χ1n) is 8.71. The SMILES string of the molecule is CCCC(C(=O)OCC(=O)NC1CCCCC1)c1ccccc1. The molecular weight excluding hydrogens is 290 g/mol. The molecule has 0 aliphatic heterocycles. The van der Waals surface area contributed by atoms with Crippen molar-refractivity contribution in [1.82, 2.24) is 5.32 Å². The summed E-state index contributed by atoms with van der Waals surface area (Å²) in [6.45, 7) is 1.86. The van der Waals surface area contributed by atoms with Gasteiger partial charge in [0, 0.05) is 6.04 Å². The second kappa shape index (κ2) is 9.33. The van der Waals surface area contributed by atoms with Crippen molar-refractivity contribution in [2.24, 2.45) is 0 Å². The van der Waals surface area contributed by atoms with Crippen LogP contribution in [-0.2, 0) is 14.3 Å². The standard InChI is InChI=1S/C19H27NO3/c1-2-9-17(15-10-5-3-6-11-15)19(22)23-14-18(21)20-16-12-7-4-8-13-16/h3,5-6,10-11,16-17H,2,4,7-9,12-14H2,1H3,(H,20,21). The number of benzene rings is 1. The summed E-state index contributed by atoms with van der Waals surface area (Å²) >= 11 is 0. The lowest BCUT2D eigenvalue weighted by Crippen LogP contribution is -2.39. The number of esters is 1. The molecule has 2 rings (SSSR count). The number of rotatable bonds is 7. The molecule has 126 valence electrons. The van der Waals surface area contributed by atoms with Crippen molar-refractivity contribution in [3.05, 3.63) is 35.9 Å². The van der Waals surface area contributed by atoms with E-state index in [0.29, 0.717) is 0 Å². The molecule has 23 heavy (non-hydrogen) atoms. The fourth-order valence-electron chi connectivity index (χ4n) is 3.15. The molecule has 0 aromatic heterocycles. The minimum absolute atomic E-state index is 0.178. The molecule has 1 unspecified atom stereocenters. The van der Waals surface area contributed by atoms with E-state index in [4.69, 9.17) is 4.74 Å². The molecule has 1 aliphatic carbocycles. The number of hydrogen-bond donors (Lipinski definition) is 1. The summed E-state index contributed by atoms with van der Waals surface area (Å²) in [6, 6.07) is 9.88. The third-order valence-corrected chi connectivity index (χ3v) is 4.38. The zero-order valence-electron chi connectivity index (χ0n) is 13.9. The van der Waals surface area contributed by atoms with E-state index in [2.05, 4.69) is 5.32 Å². The average Bonchev–Trinajstić information content (AvgIpc) is 2.59. The van der Waals surface area contributed by atoms with Crippen LogP contribution >= 0.6 is 0 Å². The van der Waals surface area contributed by atoms with Crippen LogP contribution < -0.4 is 5.32 Å². The average molecular weight is 317 g/mol. The van der Waals surface area contributed by atoms with Crippen LogP contribution in [0.4, 0.5) is 0 Å². The number of hydrogen-bond acceptors (Lipinski definition) is 3. The van der Waals surface area contributed by atoms with Gasteiger partial charge in [-0.15, -0.1) is 0 Å². The van der Waals surface area contributed by atoms with Crippen molar-refractivity contribution >= 4 is 11.9 Å². The molecule has 0 bridgehead atoms. The maximum atomic E-state index is 12.3. The molecule has 1 aromatic carbocycles. The van der Waals surface area contributed by atoms with Crippen molar-refractivity contribution in [3.8, 4) is 0 Å². The predicted octanol–water partition coefficient (Wildman–Crippen LogP) is 3.56. The second-order valence-corrected chi connectivity index (χ2v) is 6.26. The summed E-state index contributed by atoms with van der Waals surface area (Å²) in [5.41, 5.74) is 0.951. The molecule has 4 nitrogen and oxygen atoms in total. The van der Waals surface area contributed by atoms with Crippen LogP contribution in [0.5, 0.6) is 0 Å². The Labute approximate surface area is 138 Å². The molecule has 0 radical (unpaired) electrons. The first-order valence-corrected chi connectivity index (χ1v) is 8.71. The zero-order valence-corrected chi connectivity index (χ0v) is 13.9. The minimum atomic E-state index is -0.308. The third-order valence-electron chi connectivity index (χ3n) is 4.38. The molecule has 1 saturated carbocycles. The van der Waals surface area contributed by atoms with E-state index in [9.17, 15) is 9.59 Å². The lowest BCUT2D eigenvalue weighted by atomic mass is 9.95. The van der Waals surface area contributed by atoms with Crippen molar-refractivity contribution in [2.45, 2.75) is 63.8 Å². The Kier molecular flexibility index (Phi) is 7.11. The summed E-state index contributed by atoms with van der Waals surface area (Å²) in [7, 11) is 0. The largest absolute Gasteiger partial charge is 0.455 e. The van der Waals surface area contributed by atoms with Gasteiger partial charge in [-0.3, -0.25) is 9.59 Å². The molecule has 1 N–H and O–H groups in total. The van der Waals surface area contributed by atoms with Gasteiger partial charge in [-0.25, -0.2) is 0 Å². The van der Waals surface area contributed by atoms with Crippen molar-refractivity contribution in [2.75, 3.05) is 6.61 Å². The predicted molar refractivity (Wildman–Crippen MR) is 90.1 cm³/mol. The Balaban J connectivity index is 1.82. The molecule has 1 aliphatic rings. The van der Waals surface area contributed by atoms with Gasteiger partial charge in [0.2, 0.25) is 0 Å². The van der Waals surface area contributed by atoms with Gasteiger partial charge in [-0.1, -0.05) is 62.9 Å². The molecule has 0 saturated heterocycles. The molecular formula is C19H27NO3. The smallest absolute Gasteiger partial charge is 0.313 e. The topological polar surface area (TPSA) is 55.4 Å². The van der Waals surface area contributed by atoms with E-state index in [1.165, 1.54) is 6.42 Å². The Bertz CT molecular complexity index is 495. The van der Waals surface area contributed by atoms with Gasteiger partial charge < -0.3 is 10.1 Å². The van der Waals surface area contributed by atoms with Gasteiger partial charge in [-0.05, 0) is 24.8 Å². The number of carbonyl (C=O) groups is 2. The summed E-state index contributed by atoms with van der Waals surface area (Å²) in [5, 5.41) is 2.97. The Morgan fingerprint density at radius 2 is 1.87 bits per heavy atom. The van der Waals surface area contributed by atoms with Crippen molar-refractivity contribution in [3.63, 3.8) is 0 Å². The fourth-order valence-corrected chi connectivity index (χ4v) is 3.15. The van der Waals surface area contributed by atoms with E-state index in [1.54, 1.807) is 0 Å². The molecule has 0 heterocycles. The lowest BCUT2D eigenvalue weighted by Gasteiger charge is -2.23.